The standard InChI is InChI=1S/C13H14ClF2NO3S/c1-13(2)5-7(13)6-17-12(18)10-8(15)3-4-9(11(10)16)21(14,19)20/h3-4,7H,5-6H2,1-2H3,(H,17,18). The zero-order valence-electron chi connectivity index (χ0n) is 11.4. The van der Waals surface area contributed by atoms with E-state index in [9.17, 15) is 22.0 Å². The molecule has 1 aliphatic carbocycles. The van der Waals surface area contributed by atoms with E-state index in [4.69, 9.17) is 10.7 Å². The van der Waals surface area contributed by atoms with Crippen molar-refractivity contribution in [3.05, 3.63) is 29.3 Å². The summed E-state index contributed by atoms with van der Waals surface area (Å²) >= 11 is 0. The van der Waals surface area contributed by atoms with Crippen LogP contribution in [0.3, 0.4) is 0 Å². The van der Waals surface area contributed by atoms with Crippen molar-refractivity contribution in [1.82, 2.24) is 5.32 Å². The molecule has 21 heavy (non-hydrogen) atoms. The number of amides is 1. The van der Waals surface area contributed by atoms with Gasteiger partial charge in [-0.05, 0) is 29.9 Å². The summed E-state index contributed by atoms with van der Waals surface area (Å²) in [4.78, 5) is 11.0. The molecule has 1 amide bonds. The van der Waals surface area contributed by atoms with Crippen LogP contribution in [0.2, 0.25) is 0 Å². The second-order valence-electron chi connectivity index (χ2n) is 5.77. The molecule has 0 aromatic heterocycles. The van der Waals surface area contributed by atoms with Gasteiger partial charge in [0, 0.05) is 17.2 Å². The highest BCUT2D eigenvalue weighted by atomic mass is 35.7. The molecule has 0 spiro atoms. The minimum atomic E-state index is -4.39. The molecule has 1 saturated carbocycles. The van der Waals surface area contributed by atoms with Gasteiger partial charge in [0.15, 0.2) is 5.82 Å². The fraction of sp³-hybridized carbons (Fsp3) is 0.462. The molecular weight excluding hydrogens is 324 g/mol. The fourth-order valence-electron chi connectivity index (χ4n) is 2.16. The van der Waals surface area contributed by atoms with E-state index in [1.165, 1.54) is 0 Å². The van der Waals surface area contributed by atoms with Crippen LogP contribution >= 0.6 is 10.7 Å². The molecule has 4 nitrogen and oxygen atoms in total. The van der Waals surface area contributed by atoms with E-state index in [1.54, 1.807) is 0 Å². The Balaban J connectivity index is 2.24. The van der Waals surface area contributed by atoms with Crippen LogP contribution in [0.15, 0.2) is 17.0 Å². The molecule has 116 valence electrons. The molecule has 1 unspecified atom stereocenters. The molecular formula is C13H14ClF2NO3S. The number of rotatable bonds is 4. The highest BCUT2D eigenvalue weighted by Gasteiger charge is 2.45. The molecule has 0 heterocycles. The van der Waals surface area contributed by atoms with Gasteiger partial charge in [-0.15, -0.1) is 0 Å². The normalized spacial score (nSPS) is 20.1. The Morgan fingerprint density at radius 3 is 2.48 bits per heavy atom. The third kappa shape index (κ3) is 3.35. The van der Waals surface area contributed by atoms with Gasteiger partial charge in [-0.2, -0.15) is 0 Å². The summed E-state index contributed by atoms with van der Waals surface area (Å²) in [6.45, 7) is 4.32. The zero-order chi connectivity index (χ0) is 16.0. The van der Waals surface area contributed by atoms with Crippen molar-refractivity contribution in [1.29, 1.82) is 0 Å². The molecule has 1 aromatic carbocycles. The van der Waals surface area contributed by atoms with Crippen molar-refractivity contribution >= 4 is 25.6 Å². The van der Waals surface area contributed by atoms with E-state index in [2.05, 4.69) is 5.32 Å². The van der Waals surface area contributed by atoms with Crippen LogP contribution in [0.5, 0.6) is 0 Å². The lowest BCUT2D eigenvalue weighted by Gasteiger charge is -2.09. The largest absolute Gasteiger partial charge is 0.352 e. The van der Waals surface area contributed by atoms with E-state index >= 15 is 0 Å². The first-order chi connectivity index (χ1) is 9.54. The lowest BCUT2D eigenvalue weighted by atomic mass is 10.1. The Kier molecular flexibility index (Phi) is 4.01. The van der Waals surface area contributed by atoms with Crippen molar-refractivity contribution < 1.29 is 22.0 Å². The average Bonchev–Trinajstić information content (AvgIpc) is 2.92. The van der Waals surface area contributed by atoms with Crippen LogP contribution in [-0.4, -0.2) is 20.9 Å². The molecule has 0 saturated heterocycles. The van der Waals surface area contributed by atoms with Gasteiger partial charge in [0.05, 0.1) is 0 Å². The fourth-order valence-corrected chi connectivity index (χ4v) is 3.06. The SMILES string of the molecule is CC1(C)CC1CNC(=O)c1c(F)ccc(S(=O)(=O)Cl)c1F. The summed E-state index contributed by atoms with van der Waals surface area (Å²) in [6.07, 6.45) is 0.911. The first kappa shape index (κ1) is 16.2. The van der Waals surface area contributed by atoms with E-state index in [0.29, 0.717) is 12.1 Å². The molecule has 1 N–H and O–H groups in total. The molecule has 0 aliphatic heterocycles. The van der Waals surface area contributed by atoms with E-state index in [1.807, 2.05) is 13.8 Å². The average molecular weight is 338 g/mol. The third-order valence-corrected chi connectivity index (χ3v) is 5.11. The highest BCUT2D eigenvalue weighted by Crippen LogP contribution is 2.51. The Morgan fingerprint density at radius 2 is 2.00 bits per heavy atom. The number of hydrogen-bond donors (Lipinski definition) is 1. The maximum Gasteiger partial charge on any atom is 0.264 e. The number of nitrogens with one attached hydrogen (secondary N) is 1. The summed E-state index contributed by atoms with van der Waals surface area (Å²) in [5.74, 6) is -3.36. The Labute approximate surface area is 125 Å². The van der Waals surface area contributed by atoms with Crippen LogP contribution < -0.4 is 5.32 Å². The number of benzene rings is 1. The number of carbonyl (C=O) groups is 1. The van der Waals surface area contributed by atoms with Gasteiger partial charge >= 0.3 is 0 Å². The monoisotopic (exact) mass is 337 g/mol. The van der Waals surface area contributed by atoms with Crippen LogP contribution in [0.1, 0.15) is 30.6 Å². The maximum atomic E-state index is 14.0. The van der Waals surface area contributed by atoms with E-state index in [-0.39, 0.29) is 17.9 Å². The van der Waals surface area contributed by atoms with Gasteiger partial charge < -0.3 is 5.32 Å². The number of hydrogen-bond acceptors (Lipinski definition) is 3. The summed E-state index contributed by atoms with van der Waals surface area (Å²) in [6, 6.07) is 1.39. The predicted molar refractivity (Wildman–Crippen MR) is 73.6 cm³/mol. The van der Waals surface area contributed by atoms with Gasteiger partial charge in [0.1, 0.15) is 16.3 Å². The van der Waals surface area contributed by atoms with Crippen molar-refractivity contribution in [2.75, 3.05) is 6.54 Å². The molecule has 8 heteroatoms. The Bertz CT molecular complexity index is 704. The lowest BCUT2D eigenvalue weighted by Crippen LogP contribution is -2.28. The lowest BCUT2D eigenvalue weighted by molar-refractivity contribution is 0.0941. The number of carbonyl (C=O) groups excluding carboxylic acids is 1. The second-order valence-corrected chi connectivity index (χ2v) is 8.31. The van der Waals surface area contributed by atoms with Gasteiger partial charge in [-0.1, -0.05) is 13.8 Å². The van der Waals surface area contributed by atoms with Crippen LogP contribution in [0, 0.1) is 23.0 Å². The van der Waals surface area contributed by atoms with Crippen molar-refractivity contribution in [3.63, 3.8) is 0 Å². The smallest absolute Gasteiger partial charge is 0.264 e. The number of halogens is 3. The molecule has 2 rings (SSSR count). The third-order valence-electron chi connectivity index (χ3n) is 3.77. The van der Waals surface area contributed by atoms with Gasteiger partial charge in [0.25, 0.3) is 15.0 Å². The van der Waals surface area contributed by atoms with E-state index in [0.717, 1.165) is 6.42 Å². The highest BCUT2D eigenvalue weighted by molar-refractivity contribution is 8.13. The predicted octanol–water partition coefficient (Wildman–Crippen LogP) is 2.67. The minimum Gasteiger partial charge on any atom is -0.352 e. The molecule has 1 aromatic rings. The maximum absolute atomic E-state index is 14.0. The topological polar surface area (TPSA) is 63.2 Å². The molecule has 1 atom stereocenters. The molecule has 0 radical (unpaired) electrons. The van der Waals surface area contributed by atoms with Gasteiger partial charge in [-0.3, -0.25) is 4.79 Å². The second kappa shape index (κ2) is 5.21. The van der Waals surface area contributed by atoms with Gasteiger partial charge in [0.2, 0.25) is 0 Å². The van der Waals surface area contributed by atoms with Crippen molar-refractivity contribution in [2.45, 2.75) is 25.2 Å². The van der Waals surface area contributed by atoms with Crippen LogP contribution in [-0.2, 0) is 9.05 Å². The molecule has 1 fully saturated rings. The van der Waals surface area contributed by atoms with E-state index < -0.39 is 37.1 Å². The van der Waals surface area contributed by atoms with Crippen LogP contribution in [0.4, 0.5) is 8.78 Å². The van der Waals surface area contributed by atoms with Crippen molar-refractivity contribution in [2.24, 2.45) is 11.3 Å². The van der Waals surface area contributed by atoms with Crippen LogP contribution in [0.25, 0.3) is 0 Å². The Morgan fingerprint density at radius 1 is 1.43 bits per heavy atom. The zero-order valence-corrected chi connectivity index (χ0v) is 13.0. The van der Waals surface area contributed by atoms with Gasteiger partial charge in [-0.25, -0.2) is 17.2 Å². The Hall–Kier alpha value is -1.21. The summed E-state index contributed by atoms with van der Waals surface area (Å²) in [5, 5.41) is 2.42. The molecule has 1 aliphatic rings. The summed E-state index contributed by atoms with van der Waals surface area (Å²) in [5.41, 5.74) is -0.832. The first-order valence-corrected chi connectivity index (χ1v) is 8.56. The quantitative estimate of drug-likeness (QED) is 0.859. The minimum absolute atomic E-state index is 0.103. The van der Waals surface area contributed by atoms with Crippen molar-refractivity contribution in [3.8, 4) is 0 Å². The summed E-state index contributed by atoms with van der Waals surface area (Å²) in [7, 11) is 0.653. The summed E-state index contributed by atoms with van der Waals surface area (Å²) < 4.78 is 50.0. The molecule has 0 bridgehead atoms. The first-order valence-electron chi connectivity index (χ1n) is 6.25.